The molecule has 1 amide bonds. The molecule has 1 aromatic rings. The van der Waals surface area contributed by atoms with E-state index in [1.54, 1.807) is 6.07 Å². The van der Waals surface area contributed by atoms with Crippen LogP contribution in [0, 0.1) is 6.92 Å². The van der Waals surface area contributed by atoms with Crippen molar-refractivity contribution in [2.75, 3.05) is 44.0 Å². The van der Waals surface area contributed by atoms with Gasteiger partial charge in [0.15, 0.2) is 15.0 Å². The maximum Gasteiger partial charge on any atom is 0.251 e. The van der Waals surface area contributed by atoms with E-state index in [0.29, 0.717) is 12.1 Å². The third-order valence-corrected chi connectivity index (χ3v) is 7.55. The number of hydrogen-bond donors (Lipinski definition) is 2. The Bertz CT molecular complexity index is 836. The second kappa shape index (κ2) is 7.58. The normalized spacial score (nSPS) is 23.6. The first-order chi connectivity index (χ1) is 12.2. The SMILES string of the molecule is Cc1ccc(C(=O)NCCN(C)C)cc1NC1=NC2CS(=O)(=O)CC2S1. The first-order valence-electron chi connectivity index (χ1n) is 8.49. The molecule has 2 aliphatic rings. The molecule has 9 heteroatoms. The van der Waals surface area contributed by atoms with Crippen molar-refractivity contribution in [3.63, 3.8) is 0 Å². The van der Waals surface area contributed by atoms with Crippen molar-refractivity contribution in [1.82, 2.24) is 10.2 Å². The van der Waals surface area contributed by atoms with Gasteiger partial charge < -0.3 is 15.5 Å². The van der Waals surface area contributed by atoms with E-state index in [0.717, 1.165) is 23.0 Å². The Hall–Kier alpha value is -1.58. The van der Waals surface area contributed by atoms with Crippen LogP contribution in [0.2, 0.25) is 0 Å². The van der Waals surface area contributed by atoms with Gasteiger partial charge in [-0.05, 0) is 38.7 Å². The summed E-state index contributed by atoms with van der Waals surface area (Å²) in [5.74, 6) is 0.201. The number of amidine groups is 1. The maximum absolute atomic E-state index is 12.3. The van der Waals surface area contributed by atoms with Gasteiger partial charge in [-0.1, -0.05) is 17.8 Å². The van der Waals surface area contributed by atoms with Crippen molar-refractivity contribution in [1.29, 1.82) is 0 Å². The number of carbonyl (C=O) groups is 1. The molecule has 1 fully saturated rings. The molecule has 2 N–H and O–H groups in total. The third-order valence-electron chi connectivity index (χ3n) is 4.40. The number of thioether (sulfide) groups is 1. The highest BCUT2D eigenvalue weighted by atomic mass is 32.2. The number of aliphatic imine (C=N–C) groups is 1. The molecule has 3 rings (SSSR count). The summed E-state index contributed by atoms with van der Waals surface area (Å²) in [6, 6.07) is 5.35. The molecule has 1 saturated heterocycles. The fraction of sp³-hybridized carbons (Fsp3) is 0.529. The average Bonchev–Trinajstić information content (AvgIpc) is 3.01. The van der Waals surface area contributed by atoms with E-state index < -0.39 is 9.84 Å². The zero-order chi connectivity index (χ0) is 18.9. The maximum atomic E-state index is 12.3. The number of rotatable bonds is 5. The number of hydrogen-bond acceptors (Lipinski definition) is 7. The minimum Gasteiger partial charge on any atom is -0.351 e. The van der Waals surface area contributed by atoms with Gasteiger partial charge in [0.2, 0.25) is 0 Å². The molecule has 2 atom stereocenters. The van der Waals surface area contributed by atoms with Gasteiger partial charge in [0.05, 0.1) is 17.5 Å². The highest BCUT2D eigenvalue weighted by Gasteiger charge is 2.42. The predicted octanol–water partition coefficient (Wildman–Crippen LogP) is 0.967. The molecule has 2 aliphatic heterocycles. The predicted molar refractivity (Wildman–Crippen MR) is 107 cm³/mol. The molecular weight excluding hydrogens is 372 g/mol. The summed E-state index contributed by atoms with van der Waals surface area (Å²) in [6.07, 6.45) is 0. The number of nitrogens with one attached hydrogen (secondary N) is 2. The monoisotopic (exact) mass is 396 g/mol. The van der Waals surface area contributed by atoms with E-state index in [9.17, 15) is 13.2 Å². The summed E-state index contributed by atoms with van der Waals surface area (Å²) in [5, 5.41) is 6.89. The van der Waals surface area contributed by atoms with Gasteiger partial charge in [-0.3, -0.25) is 9.79 Å². The summed E-state index contributed by atoms with van der Waals surface area (Å²) < 4.78 is 23.3. The quantitative estimate of drug-likeness (QED) is 0.771. The number of nitrogens with zero attached hydrogens (tertiary/aromatic N) is 2. The van der Waals surface area contributed by atoms with Crippen LogP contribution in [-0.2, 0) is 9.84 Å². The van der Waals surface area contributed by atoms with E-state index in [2.05, 4.69) is 15.6 Å². The molecule has 0 spiro atoms. The summed E-state index contributed by atoms with van der Waals surface area (Å²) in [4.78, 5) is 18.8. The lowest BCUT2D eigenvalue weighted by Crippen LogP contribution is -2.31. The Morgan fingerprint density at radius 1 is 1.35 bits per heavy atom. The number of benzene rings is 1. The molecule has 0 saturated carbocycles. The number of anilines is 1. The van der Waals surface area contributed by atoms with E-state index >= 15 is 0 Å². The standard InChI is InChI=1S/C17H24N4O3S2/c1-11-4-5-12(16(22)18-6-7-21(2)3)8-13(11)19-17-20-14-9-26(23,24)10-15(14)25-17/h4-5,8,14-15H,6-7,9-10H2,1-3H3,(H,18,22)(H,19,20). The van der Waals surface area contributed by atoms with Gasteiger partial charge in [0, 0.05) is 29.6 Å². The van der Waals surface area contributed by atoms with Gasteiger partial charge in [-0.15, -0.1) is 0 Å². The van der Waals surface area contributed by atoms with Crippen LogP contribution in [0.15, 0.2) is 23.2 Å². The Kier molecular flexibility index (Phi) is 5.59. The first-order valence-corrected chi connectivity index (χ1v) is 11.2. The summed E-state index contributed by atoms with van der Waals surface area (Å²) in [7, 11) is 0.963. The number of likely N-dealkylation sites (N-methyl/N-ethyl adjacent to an activating group) is 1. The van der Waals surface area contributed by atoms with Crippen molar-refractivity contribution in [2.45, 2.75) is 18.2 Å². The second-order valence-corrected chi connectivity index (χ2v) is 10.3. The fourth-order valence-corrected chi connectivity index (χ4v) is 6.59. The van der Waals surface area contributed by atoms with E-state index in [-0.39, 0.29) is 28.7 Å². The number of amides is 1. The smallest absolute Gasteiger partial charge is 0.251 e. The van der Waals surface area contributed by atoms with Crippen molar-refractivity contribution >= 4 is 38.4 Å². The molecule has 0 aliphatic carbocycles. The zero-order valence-corrected chi connectivity index (χ0v) is 16.8. The Morgan fingerprint density at radius 2 is 2.12 bits per heavy atom. The van der Waals surface area contributed by atoms with Crippen LogP contribution in [0.5, 0.6) is 0 Å². The van der Waals surface area contributed by atoms with Crippen molar-refractivity contribution in [3.05, 3.63) is 29.3 Å². The van der Waals surface area contributed by atoms with E-state index in [1.165, 1.54) is 11.8 Å². The van der Waals surface area contributed by atoms with Crippen LogP contribution in [0.25, 0.3) is 0 Å². The minimum absolute atomic E-state index is 0.000297. The number of sulfone groups is 1. The largest absolute Gasteiger partial charge is 0.351 e. The molecule has 0 bridgehead atoms. The van der Waals surface area contributed by atoms with Gasteiger partial charge >= 0.3 is 0 Å². The van der Waals surface area contributed by atoms with Gasteiger partial charge in [-0.25, -0.2) is 8.42 Å². The lowest BCUT2D eigenvalue weighted by atomic mass is 10.1. The van der Waals surface area contributed by atoms with Crippen LogP contribution >= 0.6 is 11.8 Å². The van der Waals surface area contributed by atoms with Crippen LogP contribution < -0.4 is 10.6 Å². The van der Waals surface area contributed by atoms with E-state index in [4.69, 9.17) is 0 Å². The molecular formula is C17H24N4O3S2. The molecule has 2 heterocycles. The lowest BCUT2D eigenvalue weighted by Gasteiger charge is -2.13. The van der Waals surface area contributed by atoms with Crippen LogP contribution in [0.4, 0.5) is 5.69 Å². The van der Waals surface area contributed by atoms with Crippen LogP contribution in [-0.4, -0.2) is 74.4 Å². The number of aryl methyl sites for hydroxylation is 1. The Labute approximate surface area is 158 Å². The van der Waals surface area contributed by atoms with Gasteiger partial charge in [0.25, 0.3) is 5.91 Å². The minimum atomic E-state index is -2.96. The van der Waals surface area contributed by atoms with Crippen molar-refractivity contribution in [3.8, 4) is 0 Å². The summed E-state index contributed by atoms with van der Waals surface area (Å²) in [5.41, 5.74) is 2.41. The van der Waals surface area contributed by atoms with Gasteiger partial charge in [0.1, 0.15) is 0 Å². The second-order valence-electron chi connectivity index (χ2n) is 6.95. The number of carbonyl (C=O) groups excluding carboxylic acids is 1. The Balaban J connectivity index is 1.66. The molecule has 1 aromatic carbocycles. The van der Waals surface area contributed by atoms with Gasteiger partial charge in [-0.2, -0.15) is 0 Å². The van der Waals surface area contributed by atoms with Crippen molar-refractivity contribution < 1.29 is 13.2 Å². The highest BCUT2D eigenvalue weighted by molar-refractivity contribution is 8.15. The fourth-order valence-electron chi connectivity index (χ4n) is 2.92. The molecule has 142 valence electrons. The molecule has 0 radical (unpaired) electrons. The first kappa shape index (κ1) is 19.2. The highest BCUT2D eigenvalue weighted by Crippen LogP contribution is 2.35. The van der Waals surface area contributed by atoms with Crippen LogP contribution in [0.3, 0.4) is 0 Å². The molecule has 7 nitrogen and oxygen atoms in total. The zero-order valence-electron chi connectivity index (χ0n) is 15.2. The number of fused-ring (bicyclic) bond motifs is 1. The van der Waals surface area contributed by atoms with Crippen molar-refractivity contribution in [2.24, 2.45) is 4.99 Å². The average molecular weight is 397 g/mol. The summed E-state index contributed by atoms with van der Waals surface area (Å²) in [6.45, 7) is 3.33. The molecule has 0 aromatic heterocycles. The summed E-state index contributed by atoms with van der Waals surface area (Å²) >= 11 is 1.47. The topological polar surface area (TPSA) is 90.9 Å². The Morgan fingerprint density at radius 3 is 2.81 bits per heavy atom. The molecule has 2 unspecified atom stereocenters. The third kappa shape index (κ3) is 4.57. The van der Waals surface area contributed by atoms with Crippen LogP contribution in [0.1, 0.15) is 15.9 Å². The molecule has 26 heavy (non-hydrogen) atoms. The van der Waals surface area contributed by atoms with E-state index in [1.807, 2.05) is 38.1 Å². The lowest BCUT2D eigenvalue weighted by molar-refractivity contribution is 0.0951.